The van der Waals surface area contributed by atoms with E-state index < -0.39 is 0 Å². The van der Waals surface area contributed by atoms with Gasteiger partial charge in [0.1, 0.15) is 0 Å². The number of hydrogen-bond donors (Lipinski definition) is 2. The Balaban J connectivity index is 1.49. The van der Waals surface area contributed by atoms with Gasteiger partial charge in [-0.25, -0.2) is 0 Å². The highest BCUT2D eigenvalue weighted by Gasteiger charge is 2.22. The summed E-state index contributed by atoms with van der Waals surface area (Å²) in [5.41, 5.74) is 1.84. The number of H-pyrrole nitrogens is 1. The van der Waals surface area contributed by atoms with Gasteiger partial charge in [0.05, 0.1) is 6.10 Å². The maximum atomic E-state index is 11.7. The maximum absolute atomic E-state index is 11.7. The molecule has 0 saturated carbocycles. The average molecular weight is 312 g/mol. The first-order valence-electron chi connectivity index (χ1n) is 8.34. The number of hydrogen-bond acceptors (Lipinski definition) is 3. The molecule has 2 heterocycles. The van der Waals surface area contributed by atoms with Gasteiger partial charge < -0.3 is 10.1 Å². The number of benzene rings is 1. The molecule has 1 fully saturated rings. The van der Waals surface area contributed by atoms with Crippen LogP contribution in [0.1, 0.15) is 36.5 Å². The SMILES string of the molecule is O=c1[nH]cccc1CN1CCC(CC(O)c2ccccc2)CC1. The Kier molecular flexibility index (Phi) is 5.26. The Morgan fingerprint density at radius 3 is 2.57 bits per heavy atom. The number of aliphatic hydroxyl groups excluding tert-OH is 1. The molecule has 1 unspecified atom stereocenters. The van der Waals surface area contributed by atoms with Gasteiger partial charge in [0.15, 0.2) is 0 Å². The molecular formula is C19H24N2O2. The lowest BCUT2D eigenvalue weighted by atomic mass is 9.89. The van der Waals surface area contributed by atoms with E-state index in [9.17, 15) is 9.90 Å². The highest BCUT2D eigenvalue weighted by atomic mass is 16.3. The predicted molar refractivity (Wildman–Crippen MR) is 91.1 cm³/mol. The molecule has 0 radical (unpaired) electrons. The molecule has 1 saturated heterocycles. The van der Waals surface area contributed by atoms with Gasteiger partial charge in [-0.15, -0.1) is 0 Å². The van der Waals surface area contributed by atoms with Crippen molar-refractivity contribution in [3.05, 3.63) is 70.1 Å². The summed E-state index contributed by atoms with van der Waals surface area (Å²) in [6.07, 6.45) is 4.28. The molecule has 0 aliphatic carbocycles. The van der Waals surface area contributed by atoms with Crippen LogP contribution in [0, 0.1) is 5.92 Å². The Morgan fingerprint density at radius 2 is 1.87 bits per heavy atom. The van der Waals surface area contributed by atoms with Crippen molar-refractivity contribution in [2.75, 3.05) is 13.1 Å². The molecule has 23 heavy (non-hydrogen) atoms. The molecule has 2 aromatic rings. The van der Waals surface area contributed by atoms with Crippen molar-refractivity contribution in [2.45, 2.75) is 31.9 Å². The highest BCUT2D eigenvalue weighted by molar-refractivity contribution is 5.17. The molecule has 122 valence electrons. The van der Waals surface area contributed by atoms with Gasteiger partial charge >= 0.3 is 0 Å². The minimum Gasteiger partial charge on any atom is -0.388 e. The quantitative estimate of drug-likeness (QED) is 0.892. The summed E-state index contributed by atoms with van der Waals surface area (Å²) in [7, 11) is 0. The lowest BCUT2D eigenvalue weighted by Crippen LogP contribution is -2.35. The van der Waals surface area contributed by atoms with E-state index in [0.29, 0.717) is 12.5 Å². The van der Waals surface area contributed by atoms with Crippen LogP contribution in [0.4, 0.5) is 0 Å². The van der Waals surface area contributed by atoms with E-state index in [1.54, 1.807) is 6.20 Å². The van der Waals surface area contributed by atoms with E-state index in [-0.39, 0.29) is 11.7 Å². The molecule has 3 rings (SSSR count). The van der Waals surface area contributed by atoms with Crippen molar-refractivity contribution in [1.29, 1.82) is 0 Å². The van der Waals surface area contributed by atoms with Gasteiger partial charge in [-0.3, -0.25) is 9.69 Å². The standard InChI is InChI=1S/C19H24N2O2/c22-18(16-5-2-1-3-6-16)13-15-8-11-21(12-9-15)14-17-7-4-10-20-19(17)23/h1-7,10,15,18,22H,8-9,11-14H2,(H,20,23). The molecule has 1 aliphatic rings. The lowest BCUT2D eigenvalue weighted by molar-refractivity contribution is 0.105. The van der Waals surface area contributed by atoms with E-state index in [0.717, 1.165) is 43.5 Å². The summed E-state index contributed by atoms with van der Waals surface area (Å²) >= 11 is 0. The van der Waals surface area contributed by atoms with E-state index in [1.807, 2.05) is 42.5 Å². The summed E-state index contributed by atoms with van der Waals surface area (Å²) in [4.78, 5) is 16.8. The molecular weight excluding hydrogens is 288 g/mol. The first-order valence-corrected chi connectivity index (χ1v) is 8.34. The smallest absolute Gasteiger partial charge is 0.252 e. The molecule has 1 aliphatic heterocycles. The van der Waals surface area contributed by atoms with E-state index in [4.69, 9.17) is 0 Å². The van der Waals surface area contributed by atoms with Crippen LogP contribution in [0.25, 0.3) is 0 Å². The monoisotopic (exact) mass is 312 g/mol. The van der Waals surface area contributed by atoms with Gasteiger partial charge in [-0.05, 0) is 49.9 Å². The Hall–Kier alpha value is -1.91. The normalized spacial score (nSPS) is 18.0. The fourth-order valence-electron chi connectivity index (χ4n) is 3.33. The zero-order valence-corrected chi connectivity index (χ0v) is 13.3. The van der Waals surface area contributed by atoms with Crippen molar-refractivity contribution in [1.82, 2.24) is 9.88 Å². The summed E-state index contributed by atoms with van der Waals surface area (Å²) in [6.45, 7) is 2.69. The fraction of sp³-hybridized carbons (Fsp3) is 0.421. The highest BCUT2D eigenvalue weighted by Crippen LogP contribution is 2.28. The molecule has 0 amide bonds. The Morgan fingerprint density at radius 1 is 1.13 bits per heavy atom. The first-order chi connectivity index (χ1) is 11.2. The second-order valence-electron chi connectivity index (χ2n) is 6.41. The zero-order valence-electron chi connectivity index (χ0n) is 13.3. The van der Waals surface area contributed by atoms with Crippen molar-refractivity contribution in [2.24, 2.45) is 5.92 Å². The summed E-state index contributed by atoms with van der Waals surface area (Å²) in [5, 5.41) is 10.4. The summed E-state index contributed by atoms with van der Waals surface area (Å²) in [5.74, 6) is 0.551. The zero-order chi connectivity index (χ0) is 16.1. The molecule has 0 bridgehead atoms. The van der Waals surface area contributed by atoms with Gasteiger partial charge in [-0.2, -0.15) is 0 Å². The maximum Gasteiger partial charge on any atom is 0.252 e. The molecule has 4 heteroatoms. The molecule has 4 nitrogen and oxygen atoms in total. The van der Waals surface area contributed by atoms with Crippen LogP contribution in [-0.4, -0.2) is 28.1 Å². The van der Waals surface area contributed by atoms with E-state index >= 15 is 0 Å². The number of aromatic nitrogens is 1. The minimum atomic E-state index is -0.371. The second-order valence-corrected chi connectivity index (χ2v) is 6.41. The van der Waals surface area contributed by atoms with Crippen molar-refractivity contribution in [3.63, 3.8) is 0 Å². The van der Waals surface area contributed by atoms with Crippen LogP contribution >= 0.6 is 0 Å². The minimum absolute atomic E-state index is 0.00845. The number of nitrogens with one attached hydrogen (secondary N) is 1. The molecule has 1 aromatic heterocycles. The Bertz CT molecular complexity index is 660. The second kappa shape index (κ2) is 7.57. The van der Waals surface area contributed by atoms with Gasteiger partial charge in [-0.1, -0.05) is 36.4 Å². The van der Waals surface area contributed by atoms with E-state index in [1.165, 1.54) is 0 Å². The van der Waals surface area contributed by atoms with E-state index in [2.05, 4.69) is 9.88 Å². The summed E-state index contributed by atoms with van der Waals surface area (Å²) < 4.78 is 0. The molecule has 1 atom stereocenters. The van der Waals surface area contributed by atoms with Gasteiger partial charge in [0.2, 0.25) is 0 Å². The number of nitrogens with zero attached hydrogens (tertiary/aromatic N) is 1. The molecule has 2 N–H and O–H groups in total. The lowest BCUT2D eigenvalue weighted by Gasteiger charge is -2.32. The van der Waals surface area contributed by atoms with Crippen molar-refractivity contribution in [3.8, 4) is 0 Å². The third-order valence-corrected chi connectivity index (χ3v) is 4.74. The number of rotatable bonds is 5. The predicted octanol–water partition coefficient (Wildman–Crippen LogP) is 2.71. The van der Waals surface area contributed by atoms with Crippen molar-refractivity contribution < 1.29 is 5.11 Å². The summed E-state index contributed by atoms with van der Waals surface area (Å²) in [6, 6.07) is 13.7. The van der Waals surface area contributed by atoms with Crippen LogP contribution < -0.4 is 5.56 Å². The van der Waals surface area contributed by atoms with Crippen LogP contribution in [0.2, 0.25) is 0 Å². The van der Waals surface area contributed by atoms with Crippen molar-refractivity contribution >= 4 is 0 Å². The third-order valence-electron chi connectivity index (χ3n) is 4.74. The number of aromatic amines is 1. The number of likely N-dealkylation sites (tertiary alicyclic amines) is 1. The van der Waals surface area contributed by atoms with Gasteiger partial charge in [0, 0.05) is 18.3 Å². The number of pyridine rings is 1. The first kappa shape index (κ1) is 16.0. The average Bonchev–Trinajstić information content (AvgIpc) is 2.59. The van der Waals surface area contributed by atoms with Crippen LogP contribution in [0.5, 0.6) is 0 Å². The molecule has 1 aromatic carbocycles. The van der Waals surface area contributed by atoms with Gasteiger partial charge in [0.25, 0.3) is 5.56 Å². The Labute approximate surface area is 136 Å². The van der Waals surface area contributed by atoms with Crippen LogP contribution in [-0.2, 0) is 6.54 Å². The topological polar surface area (TPSA) is 56.3 Å². The fourth-order valence-corrected chi connectivity index (χ4v) is 3.33. The number of piperidine rings is 1. The largest absolute Gasteiger partial charge is 0.388 e. The molecule has 0 spiro atoms. The van der Waals surface area contributed by atoms with Crippen LogP contribution in [0.15, 0.2) is 53.5 Å². The van der Waals surface area contributed by atoms with Crippen LogP contribution in [0.3, 0.4) is 0 Å². The third kappa shape index (κ3) is 4.30. The number of aliphatic hydroxyl groups is 1.